The molecule has 7 heteroatoms. The summed E-state index contributed by atoms with van der Waals surface area (Å²) in [6.07, 6.45) is 0. The molecule has 1 aliphatic heterocycles. The van der Waals surface area contributed by atoms with Gasteiger partial charge in [-0.15, -0.1) is 0 Å². The summed E-state index contributed by atoms with van der Waals surface area (Å²) in [5.41, 5.74) is 1.73. The lowest BCUT2D eigenvalue weighted by Gasteiger charge is -2.35. The number of hydrogen-bond donors (Lipinski definition) is 2. The van der Waals surface area contributed by atoms with Crippen molar-refractivity contribution >= 4 is 17.7 Å². The Kier molecular flexibility index (Phi) is 7.79. The fraction of sp³-hybridized carbons (Fsp3) is 0.591. The van der Waals surface area contributed by atoms with E-state index in [1.54, 1.807) is 24.0 Å². The van der Waals surface area contributed by atoms with Crippen LogP contribution < -0.4 is 10.6 Å². The first-order valence-corrected chi connectivity index (χ1v) is 10.3. The lowest BCUT2D eigenvalue weighted by molar-refractivity contribution is -0.134. The second-order valence-corrected chi connectivity index (χ2v) is 8.58. The summed E-state index contributed by atoms with van der Waals surface area (Å²) >= 11 is 0. The molecule has 2 N–H and O–H groups in total. The van der Waals surface area contributed by atoms with Crippen molar-refractivity contribution in [3.8, 4) is 0 Å². The Bertz CT molecular complexity index is 717. The van der Waals surface area contributed by atoms with E-state index in [2.05, 4.69) is 31.4 Å². The van der Waals surface area contributed by atoms with Crippen molar-refractivity contribution < 1.29 is 14.4 Å². The number of hydrogen-bond acceptors (Lipinski definition) is 4. The molecule has 0 radical (unpaired) electrons. The van der Waals surface area contributed by atoms with Gasteiger partial charge in [-0.2, -0.15) is 0 Å². The van der Waals surface area contributed by atoms with Gasteiger partial charge in [0.15, 0.2) is 0 Å². The summed E-state index contributed by atoms with van der Waals surface area (Å²) in [6.45, 7) is 13.4. The van der Waals surface area contributed by atoms with Gasteiger partial charge in [0.05, 0.1) is 6.54 Å². The molecule has 1 unspecified atom stereocenters. The summed E-state index contributed by atoms with van der Waals surface area (Å²) in [4.78, 5) is 40.7. The third-order valence-corrected chi connectivity index (χ3v) is 5.16. The molecule has 3 amide bonds. The number of rotatable bonds is 6. The lowest BCUT2D eigenvalue weighted by Crippen LogP contribution is -2.55. The molecule has 2 rings (SSSR count). The van der Waals surface area contributed by atoms with Gasteiger partial charge in [-0.3, -0.25) is 19.3 Å². The van der Waals surface area contributed by atoms with Crippen LogP contribution >= 0.6 is 0 Å². The van der Waals surface area contributed by atoms with Crippen molar-refractivity contribution in [3.63, 3.8) is 0 Å². The largest absolute Gasteiger partial charge is 0.355 e. The number of carbonyl (C=O) groups excluding carboxylic acids is 3. The molecule has 1 heterocycles. The standard InChI is InChI=1S/C22H34N4O3/c1-6-23-19(27)15-25-11-13-26(14-12-25)21(29)16(2)24-20(28)17-7-9-18(10-8-17)22(3,4)5/h7-10,16H,6,11-15H2,1-5H3,(H,23,27)(H,24,28). The molecule has 0 bridgehead atoms. The molecule has 0 aromatic heterocycles. The number of piperazine rings is 1. The number of nitrogens with one attached hydrogen (secondary N) is 2. The monoisotopic (exact) mass is 402 g/mol. The highest BCUT2D eigenvalue weighted by Crippen LogP contribution is 2.22. The molecule has 0 aliphatic carbocycles. The zero-order valence-corrected chi connectivity index (χ0v) is 18.2. The first-order chi connectivity index (χ1) is 13.6. The number of benzene rings is 1. The quantitative estimate of drug-likeness (QED) is 0.753. The normalized spacial score (nSPS) is 16.2. The Morgan fingerprint density at radius 2 is 1.62 bits per heavy atom. The number of likely N-dealkylation sites (N-methyl/N-ethyl adjacent to an activating group) is 1. The predicted octanol–water partition coefficient (Wildman–Crippen LogP) is 1.38. The van der Waals surface area contributed by atoms with Gasteiger partial charge in [-0.05, 0) is 37.0 Å². The van der Waals surface area contributed by atoms with Crippen molar-refractivity contribution in [3.05, 3.63) is 35.4 Å². The average Bonchev–Trinajstić information content (AvgIpc) is 2.67. The van der Waals surface area contributed by atoms with Crippen LogP contribution in [0.5, 0.6) is 0 Å². The molecule has 160 valence electrons. The van der Waals surface area contributed by atoms with Crippen molar-refractivity contribution in [1.29, 1.82) is 0 Å². The Labute approximate surface area is 173 Å². The van der Waals surface area contributed by atoms with Crippen molar-refractivity contribution in [2.45, 2.75) is 46.1 Å². The van der Waals surface area contributed by atoms with Crippen LogP contribution in [0.3, 0.4) is 0 Å². The van der Waals surface area contributed by atoms with E-state index in [4.69, 9.17) is 0 Å². The number of amides is 3. The highest BCUT2D eigenvalue weighted by Gasteiger charge is 2.26. The minimum Gasteiger partial charge on any atom is -0.355 e. The lowest BCUT2D eigenvalue weighted by atomic mass is 9.86. The summed E-state index contributed by atoms with van der Waals surface area (Å²) in [5, 5.41) is 5.59. The van der Waals surface area contributed by atoms with Gasteiger partial charge in [0.25, 0.3) is 5.91 Å². The van der Waals surface area contributed by atoms with E-state index in [0.717, 1.165) is 5.56 Å². The summed E-state index contributed by atoms with van der Waals surface area (Å²) in [5.74, 6) is -0.339. The molecule has 29 heavy (non-hydrogen) atoms. The van der Waals surface area contributed by atoms with Crippen LogP contribution in [-0.2, 0) is 15.0 Å². The Morgan fingerprint density at radius 3 is 2.14 bits per heavy atom. The second-order valence-electron chi connectivity index (χ2n) is 8.58. The van der Waals surface area contributed by atoms with E-state index in [9.17, 15) is 14.4 Å². The fourth-order valence-electron chi connectivity index (χ4n) is 3.32. The summed E-state index contributed by atoms with van der Waals surface area (Å²) in [6, 6.07) is 6.91. The van der Waals surface area contributed by atoms with Gasteiger partial charge in [0, 0.05) is 38.3 Å². The van der Waals surface area contributed by atoms with Crippen LogP contribution in [0.25, 0.3) is 0 Å². The van der Waals surface area contributed by atoms with Crippen LogP contribution in [0.15, 0.2) is 24.3 Å². The van der Waals surface area contributed by atoms with Crippen LogP contribution in [0.4, 0.5) is 0 Å². The van der Waals surface area contributed by atoms with Crippen molar-refractivity contribution in [1.82, 2.24) is 20.4 Å². The average molecular weight is 403 g/mol. The SMILES string of the molecule is CCNC(=O)CN1CCN(C(=O)C(C)NC(=O)c2ccc(C(C)(C)C)cc2)CC1. The number of carbonyl (C=O) groups is 3. The minimum atomic E-state index is -0.597. The fourth-order valence-corrected chi connectivity index (χ4v) is 3.32. The molecular formula is C22H34N4O3. The van der Waals surface area contributed by atoms with Crippen LogP contribution in [0.1, 0.15) is 50.5 Å². The van der Waals surface area contributed by atoms with E-state index in [1.807, 2.05) is 24.0 Å². The number of nitrogens with zero attached hydrogens (tertiary/aromatic N) is 2. The summed E-state index contributed by atoms with van der Waals surface area (Å²) in [7, 11) is 0. The Hall–Kier alpha value is -2.41. The van der Waals surface area contributed by atoms with Crippen molar-refractivity contribution in [2.75, 3.05) is 39.3 Å². The first-order valence-electron chi connectivity index (χ1n) is 10.3. The highest BCUT2D eigenvalue weighted by molar-refractivity contribution is 5.97. The van der Waals surface area contributed by atoms with Gasteiger partial charge in [-0.25, -0.2) is 0 Å². The zero-order valence-electron chi connectivity index (χ0n) is 18.2. The second kappa shape index (κ2) is 9.87. The van der Waals surface area contributed by atoms with E-state index in [1.165, 1.54) is 0 Å². The van der Waals surface area contributed by atoms with Gasteiger partial charge in [0.1, 0.15) is 6.04 Å². The minimum absolute atomic E-state index is 0.00499. The van der Waals surface area contributed by atoms with Gasteiger partial charge >= 0.3 is 0 Å². The zero-order chi connectivity index (χ0) is 21.6. The maximum Gasteiger partial charge on any atom is 0.251 e. The van der Waals surface area contributed by atoms with E-state index >= 15 is 0 Å². The van der Waals surface area contributed by atoms with Crippen LogP contribution in [0, 0.1) is 0 Å². The van der Waals surface area contributed by atoms with Crippen LogP contribution in [-0.4, -0.2) is 72.8 Å². The maximum absolute atomic E-state index is 12.7. The Morgan fingerprint density at radius 1 is 1.03 bits per heavy atom. The maximum atomic E-state index is 12.7. The summed E-state index contributed by atoms with van der Waals surface area (Å²) < 4.78 is 0. The van der Waals surface area contributed by atoms with E-state index < -0.39 is 6.04 Å². The third kappa shape index (κ3) is 6.56. The van der Waals surface area contributed by atoms with Gasteiger partial charge < -0.3 is 15.5 Å². The molecule has 0 spiro atoms. The van der Waals surface area contributed by atoms with E-state index in [-0.39, 0.29) is 23.1 Å². The first kappa shape index (κ1) is 22.9. The smallest absolute Gasteiger partial charge is 0.251 e. The molecule has 1 saturated heterocycles. The molecule has 1 atom stereocenters. The molecule has 7 nitrogen and oxygen atoms in total. The van der Waals surface area contributed by atoms with Gasteiger partial charge in [-0.1, -0.05) is 32.9 Å². The predicted molar refractivity (Wildman–Crippen MR) is 114 cm³/mol. The van der Waals surface area contributed by atoms with E-state index in [0.29, 0.717) is 44.8 Å². The Balaban J connectivity index is 1.84. The molecule has 1 fully saturated rings. The molecule has 0 saturated carbocycles. The topological polar surface area (TPSA) is 81.8 Å². The third-order valence-electron chi connectivity index (χ3n) is 5.16. The highest BCUT2D eigenvalue weighted by atomic mass is 16.2. The molecular weight excluding hydrogens is 368 g/mol. The van der Waals surface area contributed by atoms with Gasteiger partial charge in [0.2, 0.25) is 11.8 Å². The molecule has 1 aliphatic rings. The van der Waals surface area contributed by atoms with Crippen LogP contribution in [0.2, 0.25) is 0 Å². The molecule has 1 aromatic carbocycles. The van der Waals surface area contributed by atoms with Crippen molar-refractivity contribution in [2.24, 2.45) is 0 Å². The molecule has 1 aromatic rings.